The summed E-state index contributed by atoms with van der Waals surface area (Å²) in [7, 11) is -3.90. The molecule has 0 aliphatic heterocycles. The number of benzene rings is 3. The predicted octanol–water partition coefficient (Wildman–Crippen LogP) is 5.51. The van der Waals surface area contributed by atoms with Gasteiger partial charge in [0.2, 0.25) is 10.0 Å². The maximum Gasteiger partial charge on any atom is 0.277 e. The van der Waals surface area contributed by atoms with Crippen molar-refractivity contribution < 1.29 is 22.4 Å². The summed E-state index contributed by atoms with van der Waals surface area (Å²) in [5.41, 5.74) is 3.11. The number of carbonyl (C=O) groups excluding carboxylic acids is 1. The standard InChI is InChI=1S/C27H23Cl2N3O5S/c28-21-8-6-20(7-9-21)17-32(38(34,35)26-14-10-22(29)11-15-26)18-25-13-12-24(37-25)16-30-31-27(33)19-36-23-4-2-1-3-5-23/h1-16H,17-19H2,(H,31,33)/b30-16-. The van der Waals surface area contributed by atoms with E-state index in [4.69, 9.17) is 32.4 Å². The smallest absolute Gasteiger partial charge is 0.277 e. The molecule has 3 aromatic carbocycles. The Bertz CT molecular complexity index is 1490. The summed E-state index contributed by atoms with van der Waals surface area (Å²) in [6.45, 7) is -0.157. The summed E-state index contributed by atoms with van der Waals surface area (Å²) < 4.78 is 39.3. The zero-order valence-electron chi connectivity index (χ0n) is 20.0. The number of hydrogen-bond acceptors (Lipinski definition) is 6. The number of hydrogen-bond donors (Lipinski definition) is 1. The molecule has 0 spiro atoms. The first-order chi connectivity index (χ1) is 18.3. The lowest BCUT2D eigenvalue weighted by Gasteiger charge is -2.21. The Balaban J connectivity index is 1.43. The van der Waals surface area contributed by atoms with Crippen molar-refractivity contribution in [3.63, 3.8) is 0 Å². The number of furan rings is 1. The number of carbonyl (C=O) groups is 1. The molecule has 0 saturated heterocycles. The minimum Gasteiger partial charge on any atom is -0.484 e. The fraction of sp³-hybridized carbons (Fsp3) is 0.111. The van der Waals surface area contributed by atoms with Crippen LogP contribution in [-0.4, -0.2) is 31.5 Å². The monoisotopic (exact) mass is 571 g/mol. The number of nitrogens with zero attached hydrogens (tertiary/aromatic N) is 2. The van der Waals surface area contributed by atoms with Gasteiger partial charge in [-0.2, -0.15) is 9.41 Å². The van der Waals surface area contributed by atoms with Crippen molar-refractivity contribution in [1.82, 2.24) is 9.73 Å². The molecule has 0 aliphatic carbocycles. The van der Waals surface area contributed by atoms with Crippen LogP contribution in [0.15, 0.2) is 105 Å². The molecule has 0 bridgehead atoms. The topological polar surface area (TPSA) is 101 Å². The zero-order chi connectivity index (χ0) is 27.0. The Labute approximate surface area is 230 Å². The molecule has 0 saturated carbocycles. The Morgan fingerprint density at radius 2 is 1.55 bits per heavy atom. The van der Waals surface area contributed by atoms with Crippen molar-refractivity contribution in [2.45, 2.75) is 18.0 Å². The highest BCUT2D eigenvalue weighted by Crippen LogP contribution is 2.24. The van der Waals surface area contributed by atoms with Crippen molar-refractivity contribution >= 4 is 45.3 Å². The van der Waals surface area contributed by atoms with Gasteiger partial charge in [0, 0.05) is 16.6 Å². The van der Waals surface area contributed by atoms with Gasteiger partial charge in [0.1, 0.15) is 17.3 Å². The highest BCUT2D eigenvalue weighted by molar-refractivity contribution is 7.89. The molecule has 4 aromatic rings. The first-order valence-electron chi connectivity index (χ1n) is 11.4. The molecule has 0 fully saturated rings. The highest BCUT2D eigenvalue weighted by atomic mass is 35.5. The van der Waals surface area contributed by atoms with Crippen LogP contribution in [0.1, 0.15) is 17.1 Å². The molecule has 11 heteroatoms. The van der Waals surface area contributed by atoms with Gasteiger partial charge in [-0.3, -0.25) is 4.79 Å². The van der Waals surface area contributed by atoms with Crippen LogP contribution in [0.3, 0.4) is 0 Å². The van der Waals surface area contributed by atoms with Crippen LogP contribution in [0.4, 0.5) is 0 Å². The number of nitrogens with one attached hydrogen (secondary N) is 1. The van der Waals surface area contributed by atoms with Crippen LogP contribution in [-0.2, 0) is 27.9 Å². The summed E-state index contributed by atoms with van der Waals surface area (Å²) in [6, 6.07) is 25.1. The quantitative estimate of drug-likeness (QED) is 0.189. The maximum atomic E-state index is 13.5. The molecule has 4 rings (SSSR count). The summed E-state index contributed by atoms with van der Waals surface area (Å²) in [4.78, 5) is 12.0. The van der Waals surface area contributed by atoms with E-state index in [1.807, 2.05) is 6.07 Å². The summed E-state index contributed by atoms with van der Waals surface area (Å²) in [6.07, 6.45) is 1.32. The Hall–Kier alpha value is -3.63. The van der Waals surface area contributed by atoms with Gasteiger partial charge in [-0.1, -0.05) is 53.5 Å². The van der Waals surface area contributed by atoms with Crippen LogP contribution in [0, 0.1) is 0 Å². The number of sulfonamides is 1. The van der Waals surface area contributed by atoms with Gasteiger partial charge in [0.05, 0.1) is 17.7 Å². The minimum absolute atomic E-state index is 0.0430. The average molecular weight is 572 g/mol. The van der Waals surface area contributed by atoms with Crippen molar-refractivity contribution in [3.8, 4) is 5.75 Å². The summed E-state index contributed by atoms with van der Waals surface area (Å²) >= 11 is 11.9. The molecule has 0 radical (unpaired) electrons. The van der Waals surface area contributed by atoms with Crippen LogP contribution < -0.4 is 10.2 Å². The van der Waals surface area contributed by atoms with E-state index in [1.165, 1.54) is 34.8 Å². The second kappa shape index (κ2) is 12.7. The Morgan fingerprint density at radius 1 is 0.895 bits per heavy atom. The fourth-order valence-corrected chi connectivity index (χ4v) is 5.01. The largest absolute Gasteiger partial charge is 0.484 e. The van der Waals surface area contributed by atoms with Gasteiger partial charge in [-0.05, 0) is 66.2 Å². The molecule has 0 atom stereocenters. The predicted molar refractivity (Wildman–Crippen MR) is 146 cm³/mol. The van der Waals surface area contributed by atoms with E-state index >= 15 is 0 Å². The normalized spacial score (nSPS) is 11.7. The van der Waals surface area contributed by atoms with E-state index in [1.54, 1.807) is 60.7 Å². The van der Waals surface area contributed by atoms with Gasteiger partial charge < -0.3 is 9.15 Å². The molecule has 196 valence electrons. The molecule has 1 amide bonds. The number of amides is 1. The lowest BCUT2D eigenvalue weighted by atomic mass is 10.2. The highest BCUT2D eigenvalue weighted by Gasteiger charge is 2.26. The van der Waals surface area contributed by atoms with Crippen molar-refractivity contribution in [2.75, 3.05) is 6.61 Å². The third kappa shape index (κ3) is 7.69. The number of hydrazone groups is 1. The van der Waals surface area contributed by atoms with Crippen molar-refractivity contribution in [3.05, 3.63) is 118 Å². The zero-order valence-corrected chi connectivity index (χ0v) is 22.3. The lowest BCUT2D eigenvalue weighted by molar-refractivity contribution is -0.123. The number of ether oxygens (including phenoxy) is 1. The lowest BCUT2D eigenvalue weighted by Crippen LogP contribution is -2.30. The van der Waals surface area contributed by atoms with Crippen molar-refractivity contribution in [2.24, 2.45) is 5.10 Å². The molecule has 1 aromatic heterocycles. The number of rotatable bonds is 11. The second-order valence-electron chi connectivity index (χ2n) is 8.05. The van der Waals surface area contributed by atoms with E-state index in [-0.39, 0.29) is 24.6 Å². The summed E-state index contributed by atoms with van der Waals surface area (Å²) in [5, 5.41) is 4.85. The van der Waals surface area contributed by atoms with E-state index in [0.717, 1.165) is 5.56 Å². The molecular weight excluding hydrogens is 549 g/mol. The fourth-order valence-electron chi connectivity index (χ4n) is 3.36. The third-order valence-corrected chi connectivity index (χ3v) is 7.54. The van der Waals surface area contributed by atoms with Crippen LogP contribution in [0.5, 0.6) is 5.75 Å². The van der Waals surface area contributed by atoms with Crippen LogP contribution in [0.25, 0.3) is 0 Å². The average Bonchev–Trinajstić information content (AvgIpc) is 3.36. The third-order valence-electron chi connectivity index (χ3n) is 5.23. The maximum absolute atomic E-state index is 13.5. The van der Waals surface area contributed by atoms with Gasteiger partial charge in [-0.25, -0.2) is 13.8 Å². The Morgan fingerprint density at radius 3 is 2.24 bits per heavy atom. The molecular formula is C27H23Cl2N3O5S. The first-order valence-corrected chi connectivity index (χ1v) is 13.6. The SMILES string of the molecule is O=C(COc1ccccc1)N/N=C\c1ccc(CN(Cc2ccc(Cl)cc2)S(=O)(=O)c2ccc(Cl)cc2)o1. The van der Waals surface area contributed by atoms with E-state index in [0.29, 0.717) is 27.3 Å². The molecule has 8 nitrogen and oxygen atoms in total. The van der Waals surface area contributed by atoms with Crippen LogP contribution >= 0.6 is 23.2 Å². The second-order valence-corrected chi connectivity index (χ2v) is 10.9. The van der Waals surface area contributed by atoms with E-state index in [9.17, 15) is 13.2 Å². The molecule has 38 heavy (non-hydrogen) atoms. The van der Waals surface area contributed by atoms with Crippen molar-refractivity contribution in [1.29, 1.82) is 0 Å². The van der Waals surface area contributed by atoms with Gasteiger partial charge >= 0.3 is 0 Å². The van der Waals surface area contributed by atoms with Gasteiger partial charge in [0.15, 0.2) is 6.61 Å². The summed E-state index contributed by atoms with van der Waals surface area (Å²) in [5.74, 6) is 0.843. The first kappa shape index (κ1) is 27.4. The Kier molecular flexibility index (Phi) is 9.19. The van der Waals surface area contributed by atoms with Gasteiger partial charge in [0.25, 0.3) is 5.91 Å². The molecule has 0 unspecified atom stereocenters. The minimum atomic E-state index is -3.90. The van der Waals surface area contributed by atoms with Gasteiger partial charge in [-0.15, -0.1) is 0 Å². The number of halogens is 2. The molecule has 0 aliphatic rings. The van der Waals surface area contributed by atoms with E-state index < -0.39 is 15.9 Å². The molecule has 1 N–H and O–H groups in total. The number of para-hydroxylation sites is 1. The molecule has 1 heterocycles. The van der Waals surface area contributed by atoms with Crippen LogP contribution in [0.2, 0.25) is 10.0 Å². The van der Waals surface area contributed by atoms with E-state index in [2.05, 4.69) is 10.5 Å².